The highest BCUT2D eigenvalue weighted by Crippen LogP contribution is 2.39. The SMILES string of the molecule is CC(C)OCCCN1C(=O)C(=O)C(=C(O)c2ccc(Cl)cc2)[C@H]1c1ccco1. The van der Waals surface area contributed by atoms with E-state index in [0.29, 0.717) is 35.9 Å². The summed E-state index contributed by atoms with van der Waals surface area (Å²) in [5, 5.41) is 11.3. The van der Waals surface area contributed by atoms with E-state index in [-0.39, 0.29) is 17.4 Å². The van der Waals surface area contributed by atoms with Crippen molar-refractivity contribution in [2.45, 2.75) is 32.4 Å². The largest absolute Gasteiger partial charge is 0.507 e. The summed E-state index contributed by atoms with van der Waals surface area (Å²) < 4.78 is 11.0. The summed E-state index contributed by atoms with van der Waals surface area (Å²) in [4.78, 5) is 26.8. The fraction of sp³-hybridized carbons (Fsp3) is 0.333. The molecule has 1 N–H and O–H groups in total. The molecule has 1 saturated heterocycles. The van der Waals surface area contributed by atoms with E-state index in [2.05, 4.69) is 0 Å². The fourth-order valence-electron chi connectivity index (χ4n) is 3.17. The van der Waals surface area contributed by atoms with Crippen molar-refractivity contribution in [1.29, 1.82) is 0 Å². The van der Waals surface area contributed by atoms with Crippen LogP contribution in [0.15, 0.2) is 52.7 Å². The summed E-state index contributed by atoms with van der Waals surface area (Å²) in [7, 11) is 0. The number of nitrogens with zero attached hydrogens (tertiary/aromatic N) is 1. The molecule has 1 aromatic carbocycles. The Morgan fingerprint density at radius 1 is 1.25 bits per heavy atom. The van der Waals surface area contributed by atoms with Crippen LogP contribution in [0.4, 0.5) is 0 Å². The Hall–Kier alpha value is -2.57. The first-order valence-corrected chi connectivity index (χ1v) is 9.47. The maximum absolute atomic E-state index is 12.7. The van der Waals surface area contributed by atoms with Crippen LogP contribution in [0.5, 0.6) is 0 Å². The number of furan rings is 1. The van der Waals surface area contributed by atoms with Crippen molar-refractivity contribution in [3.8, 4) is 0 Å². The first kappa shape index (κ1) is 20.2. The fourth-order valence-corrected chi connectivity index (χ4v) is 3.30. The topological polar surface area (TPSA) is 80.0 Å². The van der Waals surface area contributed by atoms with Crippen molar-refractivity contribution in [2.75, 3.05) is 13.2 Å². The third-order valence-electron chi connectivity index (χ3n) is 4.46. The van der Waals surface area contributed by atoms with E-state index >= 15 is 0 Å². The van der Waals surface area contributed by atoms with Crippen LogP contribution in [-0.2, 0) is 14.3 Å². The molecule has 0 saturated carbocycles. The van der Waals surface area contributed by atoms with Gasteiger partial charge in [-0.25, -0.2) is 0 Å². The molecular formula is C21H22ClNO5. The molecule has 0 aliphatic carbocycles. The monoisotopic (exact) mass is 403 g/mol. The average molecular weight is 404 g/mol. The molecule has 1 atom stereocenters. The molecule has 1 amide bonds. The van der Waals surface area contributed by atoms with Gasteiger partial charge in [-0.05, 0) is 56.7 Å². The highest BCUT2D eigenvalue weighted by Gasteiger charge is 2.47. The lowest BCUT2D eigenvalue weighted by atomic mass is 9.99. The number of Topliss-reactive ketones (excluding diaryl/α,β-unsaturated/α-hetero) is 1. The van der Waals surface area contributed by atoms with Crippen molar-refractivity contribution in [2.24, 2.45) is 0 Å². The van der Waals surface area contributed by atoms with Gasteiger partial charge in [0.15, 0.2) is 0 Å². The molecule has 0 spiro atoms. The molecule has 0 radical (unpaired) electrons. The Morgan fingerprint density at radius 2 is 1.96 bits per heavy atom. The van der Waals surface area contributed by atoms with Crippen molar-refractivity contribution >= 4 is 29.1 Å². The molecule has 6 nitrogen and oxygen atoms in total. The smallest absolute Gasteiger partial charge is 0.295 e. The summed E-state index contributed by atoms with van der Waals surface area (Å²) in [6.07, 6.45) is 2.12. The maximum Gasteiger partial charge on any atom is 0.295 e. The molecule has 1 aliphatic rings. The zero-order chi connectivity index (χ0) is 20.3. The number of halogens is 1. The maximum atomic E-state index is 12.7. The molecule has 148 valence electrons. The predicted octanol–water partition coefficient (Wildman–Crippen LogP) is 4.17. The Bertz CT molecular complexity index is 871. The Labute approximate surface area is 168 Å². The summed E-state index contributed by atoms with van der Waals surface area (Å²) in [6.45, 7) is 4.63. The Kier molecular flexibility index (Phi) is 6.21. The van der Waals surface area contributed by atoms with Crippen LogP contribution in [0.2, 0.25) is 5.02 Å². The molecule has 3 rings (SSSR count). The van der Waals surface area contributed by atoms with Gasteiger partial charge in [0.25, 0.3) is 11.7 Å². The minimum Gasteiger partial charge on any atom is -0.507 e. The molecular weight excluding hydrogens is 382 g/mol. The van der Waals surface area contributed by atoms with Gasteiger partial charge in [0.05, 0.1) is 17.9 Å². The van der Waals surface area contributed by atoms with Gasteiger partial charge in [-0.3, -0.25) is 9.59 Å². The second-order valence-electron chi connectivity index (χ2n) is 6.79. The van der Waals surface area contributed by atoms with Gasteiger partial charge in [0, 0.05) is 23.7 Å². The number of rotatable bonds is 7. The van der Waals surface area contributed by atoms with Crippen LogP contribution in [-0.4, -0.2) is 41.0 Å². The molecule has 28 heavy (non-hydrogen) atoms. The third kappa shape index (κ3) is 4.13. The number of carbonyl (C=O) groups excluding carboxylic acids is 2. The lowest BCUT2D eigenvalue weighted by molar-refractivity contribution is -0.140. The van der Waals surface area contributed by atoms with Crippen molar-refractivity contribution in [3.63, 3.8) is 0 Å². The number of carbonyl (C=O) groups is 2. The summed E-state index contributed by atoms with van der Waals surface area (Å²) >= 11 is 5.90. The lowest BCUT2D eigenvalue weighted by Crippen LogP contribution is -2.31. The van der Waals surface area contributed by atoms with Crippen LogP contribution < -0.4 is 0 Å². The van der Waals surface area contributed by atoms with Crippen LogP contribution in [0, 0.1) is 0 Å². The minimum atomic E-state index is -0.787. The average Bonchev–Trinajstić information content (AvgIpc) is 3.27. The van der Waals surface area contributed by atoms with Gasteiger partial charge in [-0.1, -0.05) is 11.6 Å². The second kappa shape index (κ2) is 8.63. The molecule has 0 unspecified atom stereocenters. The minimum absolute atomic E-state index is 0.00653. The van der Waals surface area contributed by atoms with Gasteiger partial charge in [0.2, 0.25) is 0 Å². The van der Waals surface area contributed by atoms with Gasteiger partial charge in [0.1, 0.15) is 17.6 Å². The van der Waals surface area contributed by atoms with Crippen molar-refractivity contribution in [3.05, 3.63) is 64.6 Å². The second-order valence-corrected chi connectivity index (χ2v) is 7.22. The zero-order valence-electron chi connectivity index (χ0n) is 15.7. The van der Waals surface area contributed by atoms with Crippen LogP contribution in [0.25, 0.3) is 5.76 Å². The summed E-state index contributed by atoms with van der Waals surface area (Å²) in [5.41, 5.74) is 0.411. The number of ether oxygens (including phenoxy) is 1. The summed E-state index contributed by atoms with van der Waals surface area (Å²) in [6, 6.07) is 8.99. The van der Waals surface area contributed by atoms with E-state index in [1.165, 1.54) is 11.2 Å². The van der Waals surface area contributed by atoms with Gasteiger partial charge in [-0.2, -0.15) is 0 Å². The summed E-state index contributed by atoms with van der Waals surface area (Å²) in [5.74, 6) is -1.24. The number of aliphatic hydroxyl groups is 1. The molecule has 1 aliphatic heterocycles. The predicted molar refractivity (Wildman–Crippen MR) is 105 cm³/mol. The van der Waals surface area contributed by atoms with Gasteiger partial charge < -0.3 is 19.2 Å². The number of ketones is 1. The first-order valence-electron chi connectivity index (χ1n) is 9.09. The van der Waals surface area contributed by atoms with Crippen molar-refractivity contribution in [1.82, 2.24) is 4.90 Å². The highest BCUT2D eigenvalue weighted by molar-refractivity contribution is 6.46. The number of hydrogen-bond donors (Lipinski definition) is 1. The molecule has 0 bridgehead atoms. The molecule has 2 aromatic rings. The van der Waals surface area contributed by atoms with Crippen molar-refractivity contribution < 1.29 is 23.8 Å². The quantitative estimate of drug-likeness (QED) is 0.325. The standard InChI is InChI=1S/C21H22ClNO5/c1-13(2)27-12-4-10-23-18(16-5-3-11-28-16)17(20(25)21(23)26)19(24)14-6-8-15(22)9-7-14/h3,5-9,11,13,18,24H,4,10,12H2,1-2H3/t18-/m1/s1. The van der Waals surface area contributed by atoms with E-state index in [9.17, 15) is 14.7 Å². The number of likely N-dealkylation sites (tertiary alicyclic amines) is 1. The van der Waals surface area contributed by atoms with Crippen LogP contribution in [0.1, 0.15) is 37.6 Å². The zero-order valence-corrected chi connectivity index (χ0v) is 16.5. The molecule has 7 heteroatoms. The molecule has 1 aromatic heterocycles. The number of aliphatic hydroxyl groups excluding tert-OH is 1. The van der Waals surface area contributed by atoms with E-state index < -0.39 is 17.7 Å². The van der Waals surface area contributed by atoms with Crippen LogP contribution >= 0.6 is 11.6 Å². The van der Waals surface area contributed by atoms with E-state index in [1.54, 1.807) is 36.4 Å². The highest BCUT2D eigenvalue weighted by atomic mass is 35.5. The van der Waals surface area contributed by atoms with Gasteiger partial charge >= 0.3 is 0 Å². The van der Waals surface area contributed by atoms with E-state index in [4.69, 9.17) is 20.8 Å². The van der Waals surface area contributed by atoms with E-state index in [0.717, 1.165) is 0 Å². The Morgan fingerprint density at radius 3 is 2.57 bits per heavy atom. The lowest BCUT2D eigenvalue weighted by Gasteiger charge is -2.23. The number of benzene rings is 1. The number of hydrogen-bond acceptors (Lipinski definition) is 5. The number of amides is 1. The molecule has 1 fully saturated rings. The first-order chi connectivity index (χ1) is 13.4. The van der Waals surface area contributed by atoms with Crippen LogP contribution in [0.3, 0.4) is 0 Å². The van der Waals surface area contributed by atoms with Gasteiger partial charge in [-0.15, -0.1) is 0 Å². The normalized spacial score (nSPS) is 19.0. The Balaban J connectivity index is 1.96. The third-order valence-corrected chi connectivity index (χ3v) is 4.72. The molecule has 2 heterocycles. The van der Waals surface area contributed by atoms with E-state index in [1.807, 2.05) is 13.8 Å².